The Hall–Kier alpha value is -0.414. The van der Waals surface area contributed by atoms with Crippen LogP contribution < -0.4 is 61.2 Å². The van der Waals surface area contributed by atoms with Crippen molar-refractivity contribution in [1.29, 1.82) is 0 Å². The monoisotopic (exact) mass is 444 g/mol. The molecule has 154 valence electrons. The van der Waals surface area contributed by atoms with Crippen molar-refractivity contribution in [2.75, 3.05) is 0 Å². The van der Waals surface area contributed by atoms with Gasteiger partial charge in [0.1, 0.15) is 11.5 Å². The summed E-state index contributed by atoms with van der Waals surface area (Å²) >= 11 is 0. The molecular weight excluding hydrogens is 415 g/mol. The van der Waals surface area contributed by atoms with Crippen LogP contribution in [0.25, 0.3) is 0 Å². The van der Waals surface area contributed by atoms with E-state index < -0.39 is 10.1 Å². The molecule has 0 fully saturated rings. The first-order chi connectivity index (χ1) is 13.4. The first kappa shape index (κ1) is 26.6. The van der Waals surface area contributed by atoms with Crippen molar-refractivity contribution in [1.82, 2.24) is 0 Å². The number of hydrogen-bond donors (Lipinski definition) is 1. The molecule has 0 aromatic heterocycles. The second kappa shape index (κ2) is 13.8. The third-order valence-electron chi connectivity index (χ3n) is 4.67. The van der Waals surface area contributed by atoms with Crippen molar-refractivity contribution >= 4 is 10.1 Å². The molecule has 2 aromatic carbocycles. The zero-order valence-electron chi connectivity index (χ0n) is 17.4. The molecule has 0 saturated heterocycles. The summed E-state index contributed by atoms with van der Waals surface area (Å²) in [4.78, 5) is -0.0716. The molecular formula is C22H29KO5S. The van der Waals surface area contributed by atoms with E-state index in [9.17, 15) is 18.1 Å². The molecule has 0 unspecified atom stereocenters. The molecule has 0 amide bonds. The molecule has 2 rings (SSSR count). The molecule has 0 spiro atoms. The summed E-state index contributed by atoms with van der Waals surface area (Å²) in [6, 6.07) is 10.5. The Morgan fingerprint density at radius 2 is 1.41 bits per heavy atom. The number of unbranched alkanes of at least 4 members (excludes halogenated alkanes) is 7. The Labute approximate surface area is 217 Å². The fourth-order valence-electron chi connectivity index (χ4n) is 3.16. The summed E-state index contributed by atoms with van der Waals surface area (Å²) in [6.07, 6.45) is 9.79. The van der Waals surface area contributed by atoms with E-state index in [1.807, 2.05) is 0 Å². The Bertz CT molecular complexity index is 835. The quantitative estimate of drug-likeness (QED) is 0.309. The fraction of sp³-hybridized carbons (Fsp3) is 0.455. The molecule has 0 saturated carbocycles. The first-order valence-corrected chi connectivity index (χ1v) is 11.4. The largest absolute Gasteiger partial charge is 1.00 e. The van der Waals surface area contributed by atoms with Crippen molar-refractivity contribution in [3.05, 3.63) is 48.0 Å². The van der Waals surface area contributed by atoms with E-state index in [1.165, 1.54) is 56.4 Å². The number of benzene rings is 2. The van der Waals surface area contributed by atoms with Crippen molar-refractivity contribution < 1.29 is 74.2 Å². The summed E-state index contributed by atoms with van der Waals surface area (Å²) in [5, 5.41) is 11.2. The van der Waals surface area contributed by atoms with Gasteiger partial charge < -0.3 is 9.84 Å². The molecule has 2 aromatic rings. The second-order valence-electron chi connectivity index (χ2n) is 7.04. The maximum Gasteiger partial charge on any atom is 1.00 e. The van der Waals surface area contributed by atoms with Crippen LogP contribution >= 0.6 is 0 Å². The molecule has 29 heavy (non-hydrogen) atoms. The van der Waals surface area contributed by atoms with Crippen molar-refractivity contribution in [2.24, 2.45) is 0 Å². The van der Waals surface area contributed by atoms with E-state index in [0.717, 1.165) is 19.3 Å². The third-order valence-corrected chi connectivity index (χ3v) is 5.62. The summed E-state index contributed by atoms with van der Waals surface area (Å²) in [5.41, 5.74) is 0.548. The standard InChI is InChI=1S/C22H30O5S.K/c1-2-3-4-5-6-7-8-9-10-18-17-21(15-16-22(18)28(24,25)26)27-20-13-11-19(23)12-14-20;/h11-17,23H,2-10H2,1H3,(H,24,25,26);/q;+1/p-1. The first-order valence-electron chi connectivity index (χ1n) is 9.95. The smallest absolute Gasteiger partial charge is 0.872 e. The van der Waals surface area contributed by atoms with Gasteiger partial charge in [-0.3, -0.25) is 4.55 Å². The van der Waals surface area contributed by atoms with Crippen LogP contribution in [0.3, 0.4) is 0 Å². The van der Waals surface area contributed by atoms with E-state index in [-0.39, 0.29) is 62.0 Å². The van der Waals surface area contributed by atoms with Crippen LogP contribution in [-0.4, -0.2) is 13.0 Å². The molecule has 0 atom stereocenters. The van der Waals surface area contributed by atoms with Gasteiger partial charge in [0, 0.05) is 0 Å². The van der Waals surface area contributed by atoms with E-state index in [0.29, 0.717) is 23.5 Å². The van der Waals surface area contributed by atoms with E-state index in [4.69, 9.17) is 4.74 Å². The predicted molar refractivity (Wildman–Crippen MR) is 109 cm³/mol. The average molecular weight is 445 g/mol. The van der Waals surface area contributed by atoms with Gasteiger partial charge in [0.25, 0.3) is 10.1 Å². The van der Waals surface area contributed by atoms with Gasteiger partial charge in [-0.15, -0.1) is 5.75 Å². The maximum atomic E-state index is 11.7. The molecule has 0 aliphatic rings. The van der Waals surface area contributed by atoms with Crippen LogP contribution in [0.4, 0.5) is 0 Å². The van der Waals surface area contributed by atoms with Gasteiger partial charge in [0.15, 0.2) is 0 Å². The number of ether oxygens (including phenoxy) is 1. The Balaban J connectivity index is 0.00000420. The zero-order valence-corrected chi connectivity index (χ0v) is 21.3. The van der Waals surface area contributed by atoms with E-state index in [2.05, 4.69) is 6.92 Å². The van der Waals surface area contributed by atoms with Crippen molar-refractivity contribution in [2.45, 2.75) is 69.6 Å². The van der Waals surface area contributed by atoms with Crippen LogP contribution in [0.2, 0.25) is 0 Å². The van der Waals surface area contributed by atoms with Gasteiger partial charge in [-0.1, -0.05) is 64.0 Å². The molecule has 1 N–H and O–H groups in total. The normalized spacial score (nSPS) is 11.1. The Kier molecular flexibility index (Phi) is 12.7. The minimum absolute atomic E-state index is 0. The van der Waals surface area contributed by atoms with Crippen molar-refractivity contribution in [3.8, 4) is 17.2 Å². The summed E-state index contributed by atoms with van der Waals surface area (Å²) in [7, 11) is -4.28. The average Bonchev–Trinajstić information content (AvgIpc) is 2.65. The number of aryl methyl sites for hydroxylation is 1. The maximum absolute atomic E-state index is 11.7. The van der Waals surface area contributed by atoms with E-state index >= 15 is 0 Å². The SMILES string of the molecule is CCCCCCCCCCc1cc(Oc2ccc([O-])cc2)ccc1S(=O)(=O)O.[K+]. The third kappa shape index (κ3) is 9.96. The van der Waals surface area contributed by atoms with Gasteiger partial charge >= 0.3 is 51.4 Å². The van der Waals surface area contributed by atoms with E-state index in [1.54, 1.807) is 18.2 Å². The summed E-state index contributed by atoms with van der Waals surface area (Å²) < 4.78 is 38.6. The fourth-order valence-corrected chi connectivity index (χ4v) is 3.89. The minimum Gasteiger partial charge on any atom is -0.872 e. The van der Waals surface area contributed by atoms with Gasteiger partial charge in [-0.2, -0.15) is 8.42 Å². The Morgan fingerprint density at radius 3 is 2.00 bits per heavy atom. The van der Waals surface area contributed by atoms with Crippen LogP contribution in [0, 0.1) is 0 Å². The summed E-state index contributed by atoms with van der Waals surface area (Å²) in [6.45, 7) is 2.20. The second-order valence-corrected chi connectivity index (χ2v) is 8.43. The minimum atomic E-state index is -4.28. The topological polar surface area (TPSA) is 86.7 Å². The van der Waals surface area contributed by atoms with Crippen LogP contribution in [0.1, 0.15) is 63.9 Å². The van der Waals surface area contributed by atoms with Crippen molar-refractivity contribution in [3.63, 3.8) is 0 Å². The van der Waals surface area contributed by atoms with Crippen LogP contribution in [-0.2, 0) is 16.5 Å². The molecule has 0 bridgehead atoms. The zero-order chi connectivity index (χ0) is 20.4. The molecule has 0 aliphatic carbocycles. The van der Waals surface area contributed by atoms with Gasteiger partial charge in [-0.25, -0.2) is 0 Å². The number of rotatable bonds is 12. The van der Waals surface area contributed by atoms with Gasteiger partial charge in [0.2, 0.25) is 0 Å². The summed E-state index contributed by atoms with van der Waals surface area (Å²) in [5.74, 6) is 0.863. The molecule has 0 aliphatic heterocycles. The molecule has 7 heteroatoms. The number of hydrogen-bond acceptors (Lipinski definition) is 4. The predicted octanol–water partition coefficient (Wildman–Crippen LogP) is 2.49. The van der Waals surface area contributed by atoms with Gasteiger partial charge in [0.05, 0.1) is 4.90 Å². The van der Waals surface area contributed by atoms with Crippen LogP contribution in [0.5, 0.6) is 17.2 Å². The molecule has 5 nitrogen and oxygen atoms in total. The van der Waals surface area contributed by atoms with Gasteiger partial charge in [-0.05, 0) is 48.7 Å². The molecule has 0 radical (unpaired) electrons. The van der Waals surface area contributed by atoms with Crippen LogP contribution in [0.15, 0.2) is 47.4 Å². The Morgan fingerprint density at radius 1 is 0.862 bits per heavy atom. The molecule has 0 heterocycles.